The minimum atomic E-state index is 0.471. The van der Waals surface area contributed by atoms with Gasteiger partial charge in [-0.2, -0.15) is 0 Å². The zero-order valence-electron chi connectivity index (χ0n) is 17.7. The number of anilines is 1. The summed E-state index contributed by atoms with van der Waals surface area (Å²) < 4.78 is 2.24. The van der Waals surface area contributed by atoms with Crippen LogP contribution in [0.4, 0.5) is 5.82 Å². The van der Waals surface area contributed by atoms with E-state index in [4.69, 9.17) is 10.7 Å². The fraction of sp³-hybridized carbons (Fsp3) is 0.500. The number of unbranched alkanes of at least 4 members (excludes halogenated alkanes) is 1. The maximum absolute atomic E-state index is 6.16. The van der Waals surface area contributed by atoms with Crippen LogP contribution in [-0.2, 0) is 13.0 Å². The van der Waals surface area contributed by atoms with Crippen LogP contribution >= 0.6 is 0 Å². The highest BCUT2D eigenvalue weighted by atomic mass is 15.2. The van der Waals surface area contributed by atoms with Gasteiger partial charge in [0.2, 0.25) is 0 Å². The molecule has 0 bridgehead atoms. The van der Waals surface area contributed by atoms with Gasteiger partial charge in [0, 0.05) is 13.0 Å². The molecule has 5 nitrogen and oxygen atoms in total. The maximum atomic E-state index is 6.16. The molecule has 3 aromatic rings. The molecule has 0 atom stereocenters. The molecule has 0 spiro atoms. The van der Waals surface area contributed by atoms with Crippen molar-refractivity contribution in [3.8, 4) is 0 Å². The number of nitrogens with zero attached hydrogens (tertiary/aromatic N) is 4. The Labute approximate surface area is 162 Å². The summed E-state index contributed by atoms with van der Waals surface area (Å²) in [6.45, 7) is 16.1. The second-order valence-electron chi connectivity index (χ2n) is 7.64. The second-order valence-corrected chi connectivity index (χ2v) is 7.64. The third kappa shape index (κ3) is 3.31. The first kappa shape index (κ1) is 19.3. The molecule has 0 aliphatic heterocycles. The zero-order valence-corrected chi connectivity index (χ0v) is 17.7. The van der Waals surface area contributed by atoms with Crippen LogP contribution in [0.1, 0.15) is 64.8 Å². The summed E-state index contributed by atoms with van der Waals surface area (Å²) in [5.74, 6) is 2.19. The number of nitrogens with two attached hydrogens (primary N) is 1. The average molecular weight is 366 g/mol. The quantitative estimate of drug-likeness (QED) is 0.714. The van der Waals surface area contributed by atoms with E-state index in [0.717, 1.165) is 42.8 Å². The third-order valence-electron chi connectivity index (χ3n) is 6.04. The van der Waals surface area contributed by atoms with Crippen molar-refractivity contribution in [2.24, 2.45) is 0 Å². The van der Waals surface area contributed by atoms with E-state index in [-0.39, 0.29) is 0 Å². The van der Waals surface area contributed by atoms with Crippen LogP contribution < -0.4 is 5.73 Å². The van der Waals surface area contributed by atoms with Gasteiger partial charge in [0.15, 0.2) is 17.0 Å². The molecule has 3 rings (SSSR count). The van der Waals surface area contributed by atoms with Crippen LogP contribution in [-0.4, -0.2) is 19.5 Å². The molecular weight excluding hydrogens is 334 g/mol. The van der Waals surface area contributed by atoms with Gasteiger partial charge in [0.1, 0.15) is 11.6 Å². The van der Waals surface area contributed by atoms with E-state index in [2.05, 4.69) is 56.1 Å². The summed E-state index contributed by atoms with van der Waals surface area (Å²) in [5.41, 5.74) is 16.0. The Hall–Kier alpha value is -2.43. The Balaban J connectivity index is 2.19. The molecule has 2 heterocycles. The van der Waals surface area contributed by atoms with Crippen molar-refractivity contribution in [3.05, 3.63) is 45.0 Å². The minimum Gasteiger partial charge on any atom is -0.382 e. The van der Waals surface area contributed by atoms with Crippen molar-refractivity contribution < 1.29 is 0 Å². The normalized spacial score (nSPS) is 11.5. The van der Waals surface area contributed by atoms with Crippen LogP contribution in [0.2, 0.25) is 0 Å². The highest BCUT2D eigenvalue weighted by Gasteiger charge is 2.19. The van der Waals surface area contributed by atoms with E-state index in [9.17, 15) is 0 Å². The second kappa shape index (κ2) is 7.29. The molecule has 0 amide bonds. The maximum Gasteiger partial charge on any atom is 0.165 e. The van der Waals surface area contributed by atoms with Crippen molar-refractivity contribution in [3.63, 3.8) is 0 Å². The first-order valence-corrected chi connectivity index (χ1v) is 9.81. The first-order chi connectivity index (χ1) is 12.8. The molecule has 0 aliphatic carbocycles. The number of nitrogen functional groups attached to an aromatic ring is 1. The Morgan fingerprint density at radius 2 is 1.41 bits per heavy atom. The van der Waals surface area contributed by atoms with Gasteiger partial charge >= 0.3 is 0 Å². The molecule has 5 heteroatoms. The lowest BCUT2D eigenvalue weighted by Gasteiger charge is -2.19. The molecule has 2 aromatic heterocycles. The van der Waals surface area contributed by atoms with E-state index in [1.165, 1.54) is 33.4 Å². The average Bonchev–Trinajstić information content (AvgIpc) is 2.97. The van der Waals surface area contributed by atoms with Crippen LogP contribution in [0.5, 0.6) is 0 Å². The van der Waals surface area contributed by atoms with E-state index in [1.807, 2.05) is 6.92 Å². The van der Waals surface area contributed by atoms with Crippen molar-refractivity contribution in [2.75, 3.05) is 5.73 Å². The summed E-state index contributed by atoms with van der Waals surface area (Å²) in [4.78, 5) is 13.8. The molecule has 144 valence electrons. The van der Waals surface area contributed by atoms with Gasteiger partial charge in [-0.15, -0.1) is 0 Å². The standard InChI is InChI=1S/C22H31N5/c1-8-9-10-27-19(26-20-21(23)24-17(7)25-22(20)27)11-18-15(5)13(3)12(2)14(4)16(18)6/h8-11H2,1-7H3,(H2,23,24,25). The summed E-state index contributed by atoms with van der Waals surface area (Å²) in [7, 11) is 0. The Morgan fingerprint density at radius 1 is 0.815 bits per heavy atom. The van der Waals surface area contributed by atoms with Gasteiger partial charge in [0.25, 0.3) is 0 Å². The van der Waals surface area contributed by atoms with Crippen molar-refractivity contribution in [1.82, 2.24) is 19.5 Å². The lowest BCUT2D eigenvalue weighted by Crippen LogP contribution is -2.09. The monoisotopic (exact) mass is 365 g/mol. The van der Waals surface area contributed by atoms with Gasteiger partial charge in [-0.25, -0.2) is 15.0 Å². The number of benzene rings is 1. The summed E-state index contributed by atoms with van der Waals surface area (Å²) in [6, 6.07) is 0. The first-order valence-electron chi connectivity index (χ1n) is 9.81. The predicted octanol–water partition coefficient (Wildman–Crippen LogP) is 4.65. The number of fused-ring (bicyclic) bond motifs is 1. The molecule has 0 fully saturated rings. The number of imidazole rings is 1. The number of rotatable bonds is 5. The number of hydrogen-bond acceptors (Lipinski definition) is 4. The molecule has 0 saturated heterocycles. The lowest BCUT2D eigenvalue weighted by atomic mass is 9.88. The highest BCUT2D eigenvalue weighted by molar-refractivity contribution is 5.82. The Morgan fingerprint density at radius 3 is 2.00 bits per heavy atom. The molecular formula is C22H31N5. The summed E-state index contributed by atoms with van der Waals surface area (Å²) in [6.07, 6.45) is 3.00. The predicted molar refractivity (Wildman–Crippen MR) is 112 cm³/mol. The van der Waals surface area contributed by atoms with Crippen molar-refractivity contribution >= 4 is 17.0 Å². The fourth-order valence-corrected chi connectivity index (χ4v) is 3.87. The zero-order chi connectivity index (χ0) is 19.9. The summed E-state index contributed by atoms with van der Waals surface area (Å²) >= 11 is 0. The van der Waals surface area contributed by atoms with Crippen molar-refractivity contribution in [1.29, 1.82) is 0 Å². The number of hydrogen-bond donors (Lipinski definition) is 1. The third-order valence-corrected chi connectivity index (χ3v) is 6.04. The molecule has 0 saturated carbocycles. The number of aromatic nitrogens is 4. The van der Waals surface area contributed by atoms with Crippen molar-refractivity contribution in [2.45, 2.75) is 74.3 Å². The number of aryl methyl sites for hydroxylation is 2. The molecule has 2 N–H and O–H groups in total. The highest BCUT2D eigenvalue weighted by Crippen LogP contribution is 2.29. The summed E-state index contributed by atoms with van der Waals surface area (Å²) in [5, 5.41) is 0. The van der Waals surface area contributed by atoms with Crippen LogP contribution in [0.25, 0.3) is 11.2 Å². The van der Waals surface area contributed by atoms with Crippen LogP contribution in [0, 0.1) is 41.5 Å². The molecule has 0 aliphatic rings. The minimum absolute atomic E-state index is 0.471. The Kier molecular flexibility index (Phi) is 5.22. The topological polar surface area (TPSA) is 69.6 Å². The van der Waals surface area contributed by atoms with E-state index >= 15 is 0 Å². The van der Waals surface area contributed by atoms with E-state index in [1.54, 1.807) is 0 Å². The van der Waals surface area contributed by atoms with Crippen LogP contribution in [0.15, 0.2) is 0 Å². The molecule has 27 heavy (non-hydrogen) atoms. The van der Waals surface area contributed by atoms with Crippen LogP contribution in [0.3, 0.4) is 0 Å². The van der Waals surface area contributed by atoms with Gasteiger partial charge in [-0.3, -0.25) is 0 Å². The molecule has 0 unspecified atom stereocenters. The van der Waals surface area contributed by atoms with Gasteiger partial charge < -0.3 is 10.3 Å². The lowest BCUT2D eigenvalue weighted by molar-refractivity contribution is 0.618. The molecule has 1 aromatic carbocycles. The molecule has 0 radical (unpaired) electrons. The largest absolute Gasteiger partial charge is 0.382 e. The Bertz CT molecular complexity index is 985. The van der Waals surface area contributed by atoms with E-state index < -0.39 is 0 Å². The van der Waals surface area contributed by atoms with Gasteiger partial charge in [-0.05, 0) is 81.3 Å². The van der Waals surface area contributed by atoms with Gasteiger partial charge in [-0.1, -0.05) is 13.3 Å². The fourth-order valence-electron chi connectivity index (χ4n) is 3.87. The smallest absolute Gasteiger partial charge is 0.165 e. The SMILES string of the molecule is CCCCn1c(Cc2c(C)c(C)c(C)c(C)c2C)nc2c(N)nc(C)nc21. The van der Waals surface area contributed by atoms with Gasteiger partial charge in [0.05, 0.1) is 0 Å². The van der Waals surface area contributed by atoms with E-state index in [0.29, 0.717) is 11.6 Å².